The first-order chi connectivity index (χ1) is 11.9. The molecule has 2 N–H and O–H groups in total. The van der Waals surface area contributed by atoms with E-state index in [2.05, 4.69) is 15.0 Å². The zero-order chi connectivity index (χ0) is 18.1. The Hall–Kier alpha value is -2.51. The van der Waals surface area contributed by atoms with E-state index in [9.17, 15) is 13.2 Å². The van der Waals surface area contributed by atoms with Crippen LogP contribution >= 0.6 is 0 Å². The molecule has 0 saturated heterocycles. The van der Waals surface area contributed by atoms with E-state index in [-0.39, 0.29) is 12.5 Å². The molecular weight excluding hydrogens is 338 g/mol. The molecule has 1 aromatic carbocycles. The predicted octanol–water partition coefficient (Wildman–Crippen LogP) is 1.64. The number of rotatable bonds is 8. The molecule has 2 aromatic rings. The minimum atomic E-state index is -3.67. The minimum Gasteiger partial charge on any atom is -0.355 e. The van der Waals surface area contributed by atoms with Crippen LogP contribution in [0.25, 0.3) is 6.08 Å². The van der Waals surface area contributed by atoms with Gasteiger partial charge in [-0.1, -0.05) is 35.9 Å². The highest BCUT2D eigenvalue weighted by molar-refractivity contribution is 7.92. The Balaban J connectivity index is 1.74. The average molecular weight is 359 g/mol. The lowest BCUT2D eigenvalue weighted by atomic mass is 10.2. The molecule has 1 amide bonds. The van der Waals surface area contributed by atoms with Gasteiger partial charge in [-0.05, 0) is 30.7 Å². The van der Waals surface area contributed by atoms with Crippen LogP contribution in [0.1, 0.15) is 16.8 Å². The smallest absolute Gasteiger partial charge is 0.235 e. The quantitative estimate of drug-likeness (QED) is 0.750. The third-order valence-electron chi connectivity index (χ3n) is 3.38. The van der Waals surface area contributed by atoms with Gasteiger partial charge in [0.05, 0.1) is 6.54 Å². The summed E-state index contributed by atoms with van der Waals surface area (Å²) in [5.41, 5.74) is 2.74. The van der Waals surface area contributed by atoms with Crippen LogP contribution in [0.5, 0.6) is 0 Å². The van der Waals surface area contributed by atoms with E-state index < -0.39 is 10.0 Å². The number of aromatic nitrogens is 1. The maximum atomic E-state index is 11.9. The van der Waals surface area contributed by atoms with Gasteiger partial charge < -0.3 is 5.32 Å². The summed E-state index contributed by atoms with van der Waals surface area (Å²) in [5, 5.41) is 3.71. The van der Waals surface area contributed by atoms with Gasteiger partial charge in [0.2, 0.25) is 15.9 Å². The molecule has 0 unspecified atom stereocenters. The highest BCUT2D eigenvalue weighted by Gasteiger charge is 2.08. The van der Waals surface area contributed by atoms with Crippen molar-refractivity contribution in [2.45, 2.75) is 13.3 Å². The van der Waals surface area contributed by atoms with Crippen molar-refractivity contribution < 1.29 is 13.2 Å². The van der Waals surface area contributed by atoms with E-state index in [4.69, 9.17) is 0 Å². The molecule has 0 saturated carbocycles. The van der Waals surface area contributed by atoms with Crippen LogP contribution in [0.15, 0.2) is 54.1 Å². The fourth-order valence-electron chi connectivity index (χ4n) is 2.00. The number of carbonyl (C=O) groups excluding carboxylic acids is 1. The van der Waals surface area contributed by atoms with Gasteiger partial charge in [-0.25, -0.2) is 13.1 Å². The Bertz CT molecular complexity index is 816. The van der Waals surface area contributed by atoms with Crippen LogP contribution < -0.4 is 10.0 Å². The third-order valence-corrected chi connectivity index (χ3v) is 4.42. The Labute approximate surface area is 148 Å². The lowest BCUT2D eigenvalue weighted by Gasteiger charge is -2.05. The summed E-state index contributed by atoms with van der Waals surface area (Å²) in [7, 11) is -3.67. The maximum Gasteiger partial charge on any atom is 0.235 e. The number of carbonyl (C=O) groups is 1. The molecule has 6 nitrogen and oxygen atoms in total. The van der Waals surface area contributed by atoms with Crippen molar-refractivity contribution in [3.8, 4) is 0 Å². The first kappa shape index (κ1) is 18.8. The molecule has 25 heavy (non-hydrogen) atoms. The monoisotopic (exact) mass is 359 g/mol. The second-order valence-corrected chi connectivity index (χ2v) is 7.15. The van der Waals surface area contributed by atoms with E-state index in [1.807, 2.05) is 49.4 Å². The summed E-state index contributed by atoms with van der Waals surface area (Å²) < 4.78 is 26.0. The Morgan fingerprint density at radius 1 is 1.16 bits per heavy atom. The van der Waals surface area contributed by atoms with E-state index >= 15 is 0 Å². The number of nitrogens with zero attached hydrogens (tertiary/aromatic N) is 1. The number of nitrogens with one attached hydrogen (secondary N) is 2. The normalized spacial score (nSPS) is 11.6. The van der Waals surface area contributed by atoms with Gasteiger partial charge in [0.15, 0.2) is 0 Å². The Morgan fingerprint density at radius 2 is 1.92 bits per heavy atom. The Kier molecular flexibility index (Phi) is 6.85. The first-order valence-corrected chi connectivity index (χ1v) is 9.40. The summed E-state index contributed by atoms with van der Waals surface area (Å²) in [6.45, 7) is 2.05. The molecule has 0 aliphatic heterocycles. The SMILES string of the molecule is Cc1ccc(/C=C/S(=O)(=O)NCC(=O)NCCc2ccccn2)cc1. The van der Waals surface area contributed by atoms with Crippen molar-refractivity contribution in [2.75, 3.05) is 13.1 Å². The fourth-order valence-corrected chi connectivity index (χ4v) is 2.76. The maximum absolute atomic E-state index is 11.9. The summed E-state index contributed by atoms with van der Waals surface area (Å²) >= 11 is 0. The lowest BCUT2D eigenvalue weighted by molar-refractivity contribution is -0.119. The van der Waals surface area contributed by atoms with E-state index in [0.29, 0.717) is 13.0 Å². The van der Waals surface area contributed by atoms with Crippen molar-refractivity contribution in [1.29, 1.82) is 0 Å². The summed E-state index contributed by atoms with van der Waals surface area (Å²) in [4.78, 5) is 15.9. The summed E-state index contributed by atoms with van der Waals surface area (Å²) in [6, 6.07) is 13.0. The van der Waals surface area contributed by atoms with Gasteiger partial charge in [-0.2, -0.15) is 0 Å². The molecule has 0 radical (unpaired) electrons. The molecule has 0 spiro atoms. The zero-order valence-electron chi connectivity index (χ0n) is 14.0. The van der Waals surface area contributed by atoms with Crippen molar-refractivity contribution >= 4 is 22.0 Å². The molecule has 132 valence electrons. The van der Waals surface area contributed by atoms with Gasteiger partial charge >= 0.3 is 0 Å². The Morgan fingerprint density at radius 3 is 2.60 bits per heavy atom. The number of aryl methyl sites for hydroxylation is 1. The molecule has 0 aliphatic rings. The number of amides is 1. The fraction of sp³-hybridized carbons (Fsp3) is 0.222. The highest BCUT2D eigenvalue weighted by Crippen LogP contribution is 2.05. The highest BCUT2D eigenvalue weighted by atomic mass is 32.2. The van der Waals surface area contributed by atoms with Gasteiger partial charge in [-0.15, -0.1) is 0 Å². The molecule has 2 rings (SSSR count). The second-order valence-electron chi connectivity index (χ2n) is 5.50. The minimum absolute atomic E-state index is 0.303. The molecule has 1 aromatic heterocycles. The van der Waals surface area contributed by atoms with Crippen LogP contribution in [0.4, 0.5) is 0 Å². The molecule has 0 fully saturated rings. The number of sulfonamides is 1. The number of pyridine rings is 1. The number of benzene rings is 1. The molecule has 0 atom stereocenters. The van der Waals surface area contributed by atoms with Crippen molar-refractivity contribution in [3.05, 3.63) is 70.9 Å². The molecule has 0 bridgehead atoms. The average Bonchev–Trinajstić information content (AvgIpc) is 2.61. The summed E-state index contributed by atoms with van der Waals surface area (Å²) in [5.74, 6) is -0.386. The van der Waals surface area contributed by atoms with Gasteiger partial charge in [0.25, 0.3) is 0 Å². The molecule has 0 aliphatic carbocycles. The number of hydrogen-bond acceptors (Lipinski definition) is 4. The van der Waals surface area contributed by atoms with Gasteiger partial charge in [0, 0.05) is 30.3 Å². The van der Waals surface area contributed by atoms with Crippen molar-refractivity contribution in [2.24, 2.45) is 0 Å². The third kappa shape index (κ3) is 7.28. The largest absolute Gasteiger partial charge is 0.355 e. The van der Waals surface area contributed by atoms with Crippen LogP contribution in [0.2, 0.25) is 0 Å². The van der Waals surface area contributed by atoms with Crippen molar-refractivity contribution in [1.82, 2.24) is 15.0 Å². The van der Waals surface area contributed by atoms with Crippen LogP contribution in [-0.2, 0) is 21.2 Å². The van der Waals surface area contributed by atoms with Crippen LogP contribution in [-0.4, -0.2) is 32.4 Å². The van der Waals surface area contributed by atoms with E-state index in [0.717, 1.165) is 22.2 Å². The zero-order valence-corrected chi connectivity index (χ0v) is 14.8. The first-order valence-electron chi connectivity index (χ1n) is 7.86. The van der Waals surface area contributed by atoms with E-state index in [1.54, 1.807) is 6.20 Å². The lowest BCUT2D eigenvalue weighted by Crippen LogP contribution is -2.37. The van der Waals surface area contributed by atoms with E-state index in [1.165, 1.54) is 6.08 Å². The van der Waals surface area contributed by atoms with Gasteiger partial charge in [-0.3, -0.25) is 9.78 Å². The van der Waals surface area contributed by atoms with Crippen molar-refractivity contribution in [3.63, 3.8) is 0 Å². The number of hydrogen-bond donors (Lipinski definition) is 2. The second kappa shape index (κ2) is 9.10. The van der Waals surface area contributed by atoms with Gasteiger partial charge in [0.1, 0.15) is 0 Å². The van der Waals surface area contributed by atoms with Crippen LogP contribution in [0.3, 0.4) is 0 Å². The van der Waals surface area contributed by atoms with Crippen LogP contribution in [0, 0.1) is 6.92 Å². The standard InChI is InChI=1S/C18H21N3O3S/c1-15-5-7-16(8-6-15)10-13-25(23,24)21-14-18(22)20-12-9-17-4-2-3-11-19-17/h2-8,10-11,13,21H,9,12,14H2,1H3,(H,20,22)/b13-10+. The molecular formula is C18H21N3O3S. The summed E-state index contributed by atoms with van der Waals surface area (Å²) in [6.07, 6.45) is 3.76. The topological polar surface area (TPSA) is 88.2 Å². The molecule has 7 heteroatoms. The predicted molar refractivity (Wildman–Crippen MR) is 98.1 cm³/mol. The molecule has 1 heterocycles.